The summed E-state index contributed by atoms with van der Waals surface area (Å²) in [6.45, 7) is 0.277. The summed E-state index contributed by atoms with van der Waals surface area (Å²) in [5.41, 5.74) is 4.98. The van der Waals surface area contributed by atoms with E-state index in [0.29, 0.717) is 28.4 Å². The predicted octanol–water partition coefficient (Wildman–Crippen LogP) is 3.92. The van der Waals surface area contributed by atoms with Gasteiger partial charge < -0.3 is 14.2 Å². The number of nitrogens with zero attached hydrogens (tertiary/aromatic N) is 2. The Morgan fingerprint density at radius 3 is 2.45 bits per heavy atom. The van der Waals surface area contributed by atoms with Crippen molar-refractivity contribution >= 4 is 12.1 Å². The van der Waals surface area contributed by atoms with Crippen LogP contribution in [0.25, 0.3) is 0 Å². The quantitative estimate of drug-likeness (QED) is 0.445. The monoisotopic (exact) mass is 415 g/mol. The summed E-state index contributed by atoms with van der Waals surface area (Å²) in [6.07, 6.45) is 1.52. The molecule has 3 aromatic rings. The van der Waals surface area contributed by atoms with Crippen molar-refractivity contribution in [3.05, 3.63) is 89.0 Å². The summed E-state index contributed by atoms with van der Waals surface area (Å²) in [5, 5.41) is 13.2. The van der Waals surface area contributed by atoms with Gasteiger partial charge in [0.25, 0.3) is 5.91 Å². The zero-order chi connectivity index (χ0) is 22.1. The normalized spacial score (nSPS) is 10.4. The number of methoxy groups -OCH3 is 2. The Bertz CT molecular complexity index is 1110. The number of nitrogens with one attached hydrogen (secondary N) is 1. The first-order valence-corrected chi connectivity index (χ1v) is 9.40. The summed E-state index contributed by atoms with van der Waals surface area (Å²) in [7, 11) is 3.03. The van der Waals surface area contributed by atoms with Crippen molar-refractivity contribution in [1.29, 1.82) is 5.26 Å². The van der Waals surface area contributed by atoms with Crippen molar-refractivity contribution in [2.75, 3.05) is 14.2 Å². The van der Waals surface area contributed by atoms with Crippen LogP contribution in [0.1, 0.15) is 27.0 Å². The van der Waals surface area contributed by atoms with Crippen LogP contribution < -0.4 is 19.6 Å². The van der Waals surface area contributed by atoms with Gasteiger partial charge in [-0.1, -0.05) is 30.3 Å². The maximum Gasteiger partial charge on any atom is 0.271 e. The molecule has 0 radical (unpaired) electrons. The van der Waals surface area contributed by atoms with Crippen LogP contribution in [0.15, 0.2) is 71.8 Å². The molecule has 7 heteroatoms. The van der Waals surface area contributed by atoms with Crippen LogP contribution >= 0.6 is 0 Å². The van der Waals surface area contributed by atoms with Crippen LogP contribution in [0.2, 0.25) is 0 Å². The van der Waals surface area contributed by atoms with Crippen molar-refractivity contribution in [3.63, 3.8) is 0 Å². The first kappa shape index (κ1) is 21.4. The molecule has 3 rings (SSSR count). The lowest BCUT2D eigenvalue weighted by Crippen LogP contribution is -2.17. The third kappa shape index (κ3) is 5.84. The first-order valence-electron chi connectivity index (χ1n) is 9.40. The zero-order valence-corrected chi connectivity index (χ0v) is 17.2. The van der Waals surface area contributed by atoms with Gasteiger partial charge in [-0.15, -0.1) is 0 Å². The molecule has 31 heavy (non-hydrogen) atoms. The van der Waals surface area contributed by atoms with Gasteiger partial charge in [0.15, 0.2) is 0 Å². The fourth-order valence-corrected chi connectivity index (χ4v) is 2.77. The van der Waals surface area contributed by atoms with Gasteiger partial charge in [0, 0.05) is 17.2 Å². The lowest BCUT2D eigenvalue weighted by Gasteiger charge is -2.08. The lowest BCUT2D eigenvalue weighted by molar-refractivity contribution is 0.0954. The molecule has 0 fully saturated rings. The van der Waals surface area contributed by atoms with E-state index in [1.807, 2.05) is 36.4 Å². The topological polar surface area (TPSA) is 92.9 Å². The van der Waals surface area contributed by atoms with Crippen LogP contribution in [-0.2, 0) is 6.61 Å². The van der Waals surface area contributed by atoms with E-state index in [1.54, 1.807) is 30.3 Å². The SMILES string of the molecule is COc1cc(OC)cc(C(=O)N/N=C\c2cccc(OCc3ccccc3C#N)c2)c1. The molecule has 0 aliphatic rings. The molecule has 1 amide bonds. The number of ether oxygens (including phenoxy) is 3. The van der Waals surface area contributed by atoms with E-state index in [1.165, 1.54) is 20.4 Å². The van der Waals surface area contributed by atoms with Gasteiger partial charge in [-0.2, -0.15) is 10.4 Å². The highest BCUT2D eigenvalue weighted by atomic mass is 16.5. The van der Waals surface area contributed by atoms with Crippen LogP contribution in [0.4, 0.5) is 0 Å². The summed E-state index contributed by atoms with van der Waals surface area (Å²) < 4.78 is 16.1. The molecule has 0 atom stereocenters. The average molecular weight is 415 g/mol. The molecule has 1 N–H and O–H groups in total. The predicted molar refractivity (Wildman–Crippen MR) is 117 cm³/mol. The maximum absolute atomic E-state index is 12.4. The van der Waals surface area contributed by atoms with Crippen LogP contribution in [0, 0.1) is 11.3 Å². The molecular formula is C24H21N3O4. The van der Waals surface area contributed by atoms with Gasteiger partial charge in [0.2, 0.25) is 0 Å². The Hall–Kier alpha value is -4.31. The molecule has 0 unspecified atom stereocenters. The number of nitriles is 1. The molecular weight excluding hydrogens is 394 g/mol. The molecule has 0 aliphatic carbocycles. The van der Waals surface area contributed by atoms with Gasteiger partial charge in [-0.3, -0.25) is 4.79 Å². The Balaban J connectivity index is 1.63. The van der Waals surface area contributed by atoms with E-state index in [4.69, 9.17) is 14.2 Å². The minimum atomic E-state index is -0.394. The number of carbonyl (C=O) groups excluding carboxylic acids is 1. The minimum Gasteiger partial charge on any atom is -0.497 e. The molecule has 0 aliphatic heterocycles. The molecule has 7 nitrogen and oxygen atoms in total. The second-order valence-electron chi connectivity index (χ2n) is 6.43. The Labute approximate surface area is 180 Å². The number of rotatable bonds is 8. The molecule has 0 spiro atoms. The number of hydrazone groups is 1. The van der Waals surface area contributed by atoms with E-state index < -0.39 is 5.91 Å². The maximum atomic E-state index is 12.4. The fourth-order valence-electron chi connectivity index (χ4n) is 2.77. The Morgan fingerprint density at radius 2 is 1.74 bits per heavy atom. The second kappa shape index (κ2) is 10.5. The zero-order valence-electron chi connectivity index (χ0n) is 17.2. The number of benzene rings is 3. The fraction of sp³-hybridized carbons (Fsp3) is 0.125. The number of carbonyl (C=O) groups is 1. The Morgan fingerprint density at radius 1 is 1.00 bits per heavy atom. The van der Waals surface area contributed by atoms with E-state index in [-0.39, 0.29) is 6.61 Å². The largest absolute Gasteiger partial charge is 0.497 e. The highest BCUT2D eigenvalue weighted by Crippen LogP contribution is 2.22. The second-order valence-corrected chi connectivity index (χ2v) is 6.43. The van der Waals surface area contributed by atoms with Gasteiger partial charge in [-0.05, 0) is 35.9 Å². The van der Waals surface area contributed by atoms with Gasteiger partial charge in [-0.25, -0.2) is 5.43 Å². The number of hydrogen-bond donors (Lipinski definition) is 1. The standard InChI is InChI=1S/C24H21N3O4/c1-29-22-11-20(12-23(13-22)30-2)24(28)27-26-15-17-6-5-9-21(10-17)31-16-19-8-4-3-7-18(19)14-25/h3-13,15H,16H2,1-2H3,(H,27,28)/b26-15-. The minimum absolute atomic E-state index is 0.277. The van der Waals surface area contributed by atoms with Crippen molar-refractivity contribution in [3.8, 4) is 23.3 Å². The van der Waals surface area contributed by atoms with Gasteiger partial charge in [0.05, 0.1) is 32.1 Å². The summed E-state index contributed by atoms with van der Waals surface area (Å²) >= 11 is 0. The van der Waals surface area contributed by atoms with E-state index in [2.05, 4.69) is 16.6 Å². The molecule has 0 heterocycles. The number of amides is 1. The third-order valence-electron chi connectivity index (χ3n) is 4.38. The molecule has 3 aromatic carbocycles. The number of hydrogen-bond acceptors (Lipinski definition) is 6. The summed E-state index contributed by atoms with van der Waals surface area (Å²) in [5.74, 6) is 1.25. The van der Waals surface area contributed by atoms with Crippen molar-refractivity contribution in [2.24, 2.45) is 5.10 Å². The molecule has 0 saturated heterocycles. The molecule has 156 valence electrons. The van der Waals surface area contributed by atoms with Gasteiger partial charge in [0.1, 0.15) is 23.9 Å². The molecule has 0 bridgehead atoms. The average Bonchev–Trinajstić information content (AvgIpc) is 2.82. The highest BCUT2D eigenvalue weighted by Gasteiger charge is 2.09. The van der Waals surface area contributed by atoms with Gasteiger partial charge >= 0.3 is 0 Å². The van der Waals surface area contributed by atoms with Crippen LogP contribution in [-0.4, -0.2) is 26.3 Å². The Kier molecular flexibility index (Phi) is 7.22. The van der Waals surface area contributed by atoms with Crippen molar-refractivity contribution in [2.45, 2.75) is 6.61 Å². The lowest BCUT2D eigenvalue weighted by atomic mass is 10.1. The summed E-state index contributed by atoms with van der Waals surface area (Å²) in [6, 6.07) is 21.6. The van der Waals surface area contributed by atoms with Crippen LogP contribution in [0.3, 0.4) is 0 Å². The van der Waals surface area contributed by atoms with Crippen molar-refractivity contribution < 1.29 is 19.0 Å². The van der Waals surface area contributed by atoms with E-state index in [9.17, 15) is 10.1 Å². The van der Waals surface area contributed by atoms with E-state index in [0.717, 1.165) is 11.1 Å². The first-order chi connectivity index (χ1) is 15.1. The van der Waals surface area contributed by atoms with Crippen LogP contribution in [0.5, 0.6) is 17.2 Å². The highest BCUT2D eigenvalue weighted by molar-refractivity contribution is 5.95. The molecule has 0 saturated carbocycles. The summed E-state index contributed by atoms with van der Waals surface area (Å²) in [4.78, 5) is 12.4. The third-order valence-corrected chi connectivity index (χ3v) is 4.38. The molecule has 0 aromatic heterocycles. The smallest absolute Gasteiger partial charge is 0.271 e. The van der Waals surface area contributed by atoms with E-state index >= 15 is 0 Å². The van der Waals surface area contributed by atoms with Crippen molar-refractivity contribution in [1.82, 2.24) is 5.43 Å².